The van der Waals surface area contributed by atoms with Crippen LogP contribution >= 0.6 is 23.5 Å². The molecule has 0 aliphatic carbocycles. The van der Waals surface area contributed by atoms with Gasteiger partial charge in [0.1, 0.15) is 24.7 Å². The number of ether oxygens (including phenoxy) is 4. The zero-order valence-corrected chi connectivity index (χ0v) is 24.4. The summed E-state index contributed by atoms with van der Waals surface area (Å²) in [6.45, 7) is 10.8. The van der Waals surface area contributed by atoms with Crippen molar-refractivity contribution in [3.05, 3.63) is 121 Å². The lowest BCUT2D eigenvalue weighted by molar-refractivity contribution is -0.146. The topological polar surface area (TPSA) is 71.1 Å². The Bertz CT molecular complexity index is 1170. The first-order valence-electron chi connectivity index (χ1n) is 12.6. The molecular formula is C32H34O6S2. The van der Waals surface area contributed by atoms with Crippen molar-refractivity contribution in [3.8, 4) is 11.5 Å². The van der Waals surface area contributed by atoms with E-state index in [9.17, 15) is 9.59 Å². The van der Waals surface area contributed by atoms with Crippen molar-refractivity contribution in [1.82, 2.24) is 0 Å². The average Bonchev–Trinajstić information content (AvgIpc) is 2.98. The fourth-order valence-corrected chi connectivity index (χ4v) is 5.31. The molecule has 2 atom stereocenters. The lowest BCUT2D eigenvalue weighted by atomic mass is 10.2. The number of hydrogen-bond donors (Lipinski definition) is 0. The molecule has 3 rings (SSSR count). The lowest BCUT2D eigenvalue weighted by Gasteiger charge is -2.29. The highest BCUT2D eigenvalue weighted by molar-refractivity contribution is 8.00. The van der Waals surface area contributed by atoms with Crippen LogP contribution in [0, 0.1) is 0 Å². The Labute approximate surface area is 244 Å². The van der Waals surface area contributed by atoms with E-state index in [2.05, 4.69) is 13.2 Å². The number of benzene rings is 3. The highest BCUT2D eigenvalue weighted by atomic mass is 32.2. The predicted octanol–water partition coefficient (Wildman–Crippen LogP) is 7.20. The third kappa shape index (κ3) is 10.5. The highest BCUT2D eigenvalue weighted by Gasteiger charge is 2.31. The summed E-state index contributed by atoms with van der Waals surface area (Å²) in [7, 11) is 0. The molecule has 3 aromatic carbocycles. The zero-order valence-electron chi connectivity index (χ0n) is 22.7. The molecule has 6 nitrogen and oxygen atoms in total. The number of hydrogen-bond acceptors (Lipinski definition) is 8. The van der Waals surface area contributed by atoms with Crippen molar-refractivity contribution < 1.29 is 28.5 Å². The van der Waals surface area contributed by atoms with Gasteiger partial charge in [0.15, 0.2) is 9.87 Å². The van der Waals surface area contributed by atoms with Gasteiger partial charge in [-0.1, -0.05) is 79.9 Å². The molecule has 210 valence electrons. The van der Waals surface area contributed by atoms with Crippen LogP contribution in [0.25, 0.3) is 0 Å². The maximum absolute atomic E-state index is 12.1. The van der Waals surface area contributed by atoms with Crippen LogP contribution < -0.4 is 9.47 Å². The van der Waals surface area contributed by atoms with Gasteiger partial charge in [-0.3, -0.25) is 0 Å². The van der Waals surface area contributed by atoms with E-state index in [0.29, 0.717) is 23.0 Å². The third-order valence-electron chi connectivity index (χ3n) is 5.55. The van der Waals surface area contributed by atoms with E-state index < -0.39 is 21.8 Å². The minimum atomic E-state index is -0.955. The van der Waals surface area contributed by atoms with E-state index in [4.69, 9.17) is 18.9 Å². The van der Waals surface area contributed by atoms with E-state index in [0.717, 1.165) is 23.3 Å². The minimum Gasteiger partial charge on any atom is -0.488 e. The molecule has 0 radical (unpaired) electrons. The second-order valence-electron chi connectivity index (χ2n) is 9.12. The normalized spacial score (nSPS) is 13.7. The van der Waals surface area contributed by atoms with Gasteiger partial charge in [0.2, 0.25) is 0 Å². The molecule has 0 N–H and O–H groups in total. The maximum Gasteiger partial charge on any atom is 0.331 e. The van der Waals surface area contributed by atoms with Crippen LogP contribution in [-0.2, 0) is 30.6 Å². The van der Waals surface area contributed by atoms with E-state index in [-0.39, 0.29) is 13.2 Å². The second kappa shape index (κ2) is 15.2. The number of thioether (sulfide) groups is 2. The molecule has 0 fully saturated rings. The quantitative estimate of drug-likeness (QED) is 0.100. The molecule has 0 amide bonds. The van der Waals surface area contributed by atoms with Gasteiger partial charge in [-0.05, 0) is 37.1 Å². The fraction of sp³-hybridized carbons (Fsp3) is 0.250. The Hall–Kier alpha value is -3.62. The van der Waals surface area contributed by atoms with Crippen LogP contribution in [0.1, 0.15) is 25.0 Å². The van der Waals surface area contributed by atoms with Crippen molar-refractivity contribution in [2.45, 2.75) is 35.2 Å². The molecule has 0 aliphatic rings. The first kappa shape index (κ1) is 30.9. The molecule has 0 aliphatic heterocycles. The zero-order chi connectivity index (χ0) is 28.8. The molecular weight excluding hydrogens is 544 g/mol. The average molecular weight is 579 g/mol. The third-order valence-corrected chi connectivity index (χ3v) is 8.13. The minimum absolute atomic E-state index is 0.106. The molecule has 8 heteroatoms. The first-order valence-corrected chi connectivity index (χ1v) is 14.6. The SMILES string of the molecule is C=CC(=O)OC(C)(COc1cccc(OCC(C)(OC(=O)C=C)SCc2ccccc2)c1)SCc1ccccc1. The van der Waals surface area contributed by atoms with Gasteiger partial charge in [-0.2, -0.15) is 0 Å². The summed E-state index contributed by atoms with van der Waals surface area (Å²) in [5.74, 6) is 1.31. The van der Waals surface area contributed by atoms with Crippen molar-refractivity contribution in [3.63, 3.8) is 0 Å². The summed E-state index contributed by atoms with van der Waals surface area (Å²) >= 11 is 2.93. The van der Waals surface area contributed by atoms with E-state index >= 15 is 0 Å². The van der Waals surface area contributed by atoms with Gasteiger partial charge in [-0.25, -0.2) is 9.59 Å². The molecule has 0 aromatic heterocycles. The molecule has 0 saturated heterocycles. The van der Waals surface area contributed by atoms with Crippen LogP contribution in [0.15, 0.2) is 110 Å². The Morgan fingerprint density at radius 3 is 1.45 bits per heavy atom. The maximum atomic E-state index is 12.1. The van der Waals surface area contributed by atoms with Gasteiger partial charge in [0, 0.05) is 29.7 Å². The van der Waals surface area contributed by atoms with Crippen molar-refractivity contribution in [1.29, 1.82) is 0 Å². The van der Waals surface area contributed by atoms with Gasteiger partial charge in [0.05, 0.1) is 0 Å². The van der Waals surface area contributed by atoms with Gasteiger partial charge < -0.3 is 18.9 Å². The predicted molar refractivity (Wildman–Crippen MR) is 162 cm³/mol. The Balaban J connectivity index is 1.64. The summed E-state index contributed by atoms with van der Waals surface area (Å²) in [4.78, 5) is 22.2. The standard InChI is InChI=1S/C32H34O6S2/c1-5-29(33)37-31(3,39-21-25-14-9-7-10-15-25)23-35-27-18-13-19-28(20-27)36-24-32(4,38-30(34)6-2)40-22-26-16-11-8-12-17-26/h5-20H,1-2,21-24H2,3-4H3. The van der Waals surface area contributed by atoms with Crippen LogP contribution in [0.4, 0.5) is 0 Å². The first-order chi connectivity index (χ1) is 19.2. The van der Waals surface area contributed by atoms with Crippen LogP contribution in [0.2, 0.25) is 0 Å². The van der Waals surface area contributed by atoms with E-state index in [1.807, 2.05) is 74.5 Å². The molecule has 3 aromatic rings. The highest BCUT2D eigenvalue weighted by Crippen LogP contribution is 2.34. The Kier molecular flexibility index (Phi) is 11.8. The molecule has 0 saturated carbocycles. The van der Waals surface area contributed by atoms with E-state index in [1.54, 1.807) is 24.3 Å². The fourth-order valence-electron chi connectivity index (χ4n) is 3.41. The second-order valence-corrected chi connectivity index (χ2v) is 12.0. The molecule has 0 heterocycles. The number of esters is 2. The van der Waals surface area contributed by atoms with E-state index in [1.165, 1.54) is 23.5 Å². The van der Waals surface area contributed by atoms with Crippen molar-refractivity contribution in [2.24, 2.45) is 0 Å². The van der Waals surface area contributed by atoms with Crippen molar-refractivity contribution in [2.75, 3.05) is 13.2 Å². The summed E-state index contributed by atoms with van der Waals surface area (Å²) in [5.41, 5.74) is 2.21. The molecule has 0 bridgehead atoms. The van der Waals surface area contributed by atoms with Gasteiger partial charge in [-0.15, -0.1) is 23.5 Å². The summed E-state index contributed by atoms with van der Waals surface area (Å²) in [5, 5.41) is 0. The van der Waals surface area contributed by atoms with Crippen molar-refractivity contribution >= 4 is 35.5 Å². The number of rotatable bonds is 16. The van der Waals surface area contributed by atoms with Gasteiger partial charge in [0.25, 0.3) is 0 Å². The van der Waals surface area contributed by atoms with Crippen LogP contribution in [0.3, 0.4) is 0 Å². The summed E-state index contributed by atoms with van der Waals surface area (Å²) in [6, 6.07) is 27.0. The Morgan fingerprint density at radius 1 is 0.675 bits per heavy atom. The molecule has 40 heavy (non-hydrogen) atoms. The lowest BCUT2D eigenvalue weighted by Crippen LogP contribution is -2.35. The largest absolute Gasteiger partial charge is 0.488 e. The van der Waals surface area contributed by atoms with Crippen LogP contribution in [-0.4, -0.2) is 35.0 Å². The number of carbonyl (C=O) groups is 2. The molecule has 2 unspecified atom stereocenters. The monoisotopic (exact) mass is 578 g/mol. The number of carbonyl (C=O) groups excluding carboxylic acids is 2. The van der Waals surface area contributed by atoms with Gasteiger partial charge >= 0.3 is 11.9 Å². The Morgan fingerprint density at radius 2 is 1.07 bits per heavy atom. The van der Waals surface area contributed by atoms with Crippen LogP contribution in [0.5, 0.6) is 11.5 Å². The smallest absolute Gasteiger partial charge is 0.331 e. The summed E-state index contributed by atoms with van der Waals surface area (Å²) < 4.78 is 23.4. The summed E-state index contributed by atoms with van der Waals surface area (Å²) in [6.07, 6.45) is 2.28. The molecule has 0 spiro atoms.